The lowest BCUT2D eigenvalue weighted by molar-refractivity contribution is -0.410. The third kappa shape index (κ3) is 15.1. The van der Waals surface area contributed by atoms with Crippen LogP contribution in [0, 0.1) is 0 Å². The molecule has 424 valence electrons. The van der Waals surface area contributed by atoms with E-state index >= 15 is 0 Å². The summed E-state index contributed by atoms with van der Waals surface area (Å²) in [5, 5.41) is 18.8. The molecule has 0 aromatic heterocycles. The van der Waals surface area contributed by atoms with Crippen LogP contribution in [-0.2, 0) is 42.2 Å². The van der Waals surface area contributed by atoms with Gasteiger partial charge in [-0.1, -0.05) is 139 Å². The lowest BCUT2D eigenvalue weighted by Crippen LogP contribution is -2.65. The topological polar surface area (TPSA) is 80.3 Å². The monoisotopic (exact) mass is 1160 g/mol. The van der Waals surface area contributed by atoms with Crippen molar-refractivity contribution in [2.45, 2.75) is 130 Å². The van der Waals surface area contributed by atoms with Crippen molar-refractivity contribution in [3.05, 3.63) is 181 Å². The van der Waals surface area contributed by atoms with Crippen molar-refractivity contribution in [1.82, 2.24) is 0 Å². The van der Waals surface area contributed by atoms with Gasteiger partial charge in [0.15, 0.2) is 29.4 Å². The number of rotatable bonds is 12. The molecule has 0 saturated carbocycles. The molecule has 24 heteroatoms. The van der Waals surface area contributed by atoms with E-state index in [1.165, 1.54) is 40.5 Å². The van der Waals surface area contributed by atoms with Crippen LogP contribution >= 0.6 is 0 Å². The van der Waals surface area contributed by atoms with Gasteiger partial charge in [-0.3, -0.25) is 0 Å². The number of carbonyl (C=O) groups is 2. The lowest BCUT2D eigenvalue weighted by atomic mass is 9.87. The highest BCUT2D eigenvalue weighted by Crippen LogP contribution is 2.54. The van der Waals surface area contributed by atoms with E-state index in [4.69, 9.17) is 0 Å². The molecule has 0 spiro atoms. The number of hydrogen-bond acceptors (Lipinski definition) is 4. The predicted molar refractivity (Wildman–Crippen MR) is 252 cm³/mol. The van der Waals surface area contributed by atoms with Gasteiger partial charge in [-0.25, -0.2) is 0 Å². The second-order valence-corrected chi connectivity index (χ2v) is 22.5. The van der Waals surface area contributed by atoms with Crippen molar-refractivity contribution in [3.63, 3.8) is 0 Å². The summed E-state index contributed by atoms with van der Waals surface area (Å²) in [5.74, 6) is -50.1. The molecule has 0 unspecified atom stereocenters. The Labute approximate surface area is 441 Å². The van der Waals surface area contributed by atoms with Crippen LogP contribution in [0.15, 0.2) is 199 Å². The van der Waals surface area contributed by atoms with Crippen molar-refractivity contribution >= 4 is 33.7 Å². The number of alkyl halides is 18. The molecule has 0 amide bonds. The fourth-order valence-corrected chi connectivity index (χ4v) is 10.4. The van der Waals surface area contributed by atoms with Gasteiger partial charge in [0.2, 0.25) is 0 Å². The average molecular weight is 1170 g/mol. The summed E-state index contributed by atoms with van der Waals surface area (Å²) in [5.41, 5.74) is 3.14. The highest BCUT2D eigenvalue weighted by atomic mass is 32.2. The standard InChI is InChI=1S/2C22H23S.2C5HF9O2/c2*1-22(2,3)18-14-16-21(17-15-18)23(19-10-6-4-7-11-19)20-12-8-5-9-13-20;2*6-2(7,1(15)16)3(8,9)4(10,11)5(12,13)14/h2*4-17H,1-3H3;2*(H,15,16)/q2*+1;;/p-2. The summed E-state index contributed by atoms with van der Waals surface area (Å²) in [6.07, 6.45) is -14.1. The molecule has 4 nitrogen and oxygen atoms in total. The van der Waals surface area contributed by atoms with Gasteiger partial charge in [0.25, 0.3) is 0 Å². The number of halogens is 18. The third-order valence-electron chi connectivity index (χ3n) is 10.6. The molecule has 0 aliphatic heterocycles. The number of carbonyl (C=O) groups excluding carboxylic acids is 2. The van der Waals surface area contributed by atoms with Crippen LogP contribution in [0.3, 0.4) is 0 Å². The minimum atomic E-state index is -7.20. The van der Waals surface area contributed by atoms with Gasteiger partial charge >= 0.3 is 47.9 Å². The second kappa shape index (κ2) is 24.8. The molecule has 0 bridgehead atoms. The van der Waals surface area contributed by atoms with E-state index in [2.05, 4.69) is 211 Å². The Hall–Kier alpha value is -6.30. The van der Waals surface area contributed by atoms with E-state index in [0.717, 1.165) is 0 Å². The molecule has 0 N–H and O–H groups in total. The van der Waals surface area contributed by atoms with Gasteiger partial charge < -0.3 is 19.8 Å². The summed E-state index contributed by atoms with van der Waals surface area (Å²) in [6, 6.07) is 61.5. The zero-order valence-electron chi connectivity index (χ0n) is 41.4. The zero-order valence-corrected chi connectivity index (χ0v) is 43.1. The minimum absolute atomic E-state index is 0.0497. The van der Waals surface area contributed by atoms with Gasteiger partial charge in [-0.2, -0.15) is 79.0 Å². The average Bonchev–Trinajstić information content (AvgIpc) is 3.35. The first-order chi connectivity index (χ1) is 35.5. The molecule has 0 radical (unpaired) electrons. The Bertz CT molecular complexity index is 2560. The predicted octanol–water partition coefficient (Wildman–Crippen LogP) is 14.6. The smallest absolute Gasteiger partial charge is 0.460 e. The van der Waals surface area contributed by atoms with Crippen LogP contribution in [0.25, 0.3) is 0 Å². The van der Waals surface area contributed by atoms with Crippen LogP contribution < -0.4 is 10.2 Å². The van der Waals surface area contributed by atoms with E-state index < -0.39 is 59.8 Å². The summed E-state index contributed by atoms with van der Waals surface area (Å²) >= 11 is 0. The first kappa shape index (κ1) is 66.0. The van der Waals surface area contributed by atoms with Gasteiger partial charge in [0.1, 0.15) is 11.9 Å². The van der Waals surface area contributed by atoms with Crippen LogP contribution in [0.1, 0.15) is 52.7 Å². The highest BCUT2D eigenvalue weighted by Gasteiger charge is 2.83. The fraction of sp³-hybridized carbons (Fsp3) is 0.296. The molecule has 6 aromatic carbocycles. The molecule has 0 aliphatic carbocycles. The molecule has 0 fully saturated rings. The maximum atomic E-state index is 12.1. The van der Waals surface area contributed by atoms with Crippen molar-refractivity contribution in [1.29, 1.82) is 0 Å². The number of benzene rings is 6. The van der Waals surface area contributed by atoms with Crippen molar-refractivity contribution in [3.8, 4) is 0 Å². The lowest BCUT2D eigenvalue weighted by Gasteiger charge is -2.33. The second-order valence-electron chi connectivity index (χ2n) is 18.4. The molecule has 0 saturated heterocycles. The molecular formula is C54H46F18O4S2. The molecular weight excluding hydrogens is 1120 g/mol. The number of hydrogen-bond donors (Lipinski definition) is 0. The number of carboxylic acid groups (broad SMARTS) is 2. The summed E-state index contributed by atoms with van der Waals surface area (Å²) in [4.78, 5) is 27.0. The van der Waals surface area contributed by atoms with Gasteiger partial charge in [-0.05, 0) is 94.8 Å². The van der Waals surface area contributed by atoms with Gasteiger partial charge in [-0.15, -0.1) is 0 Å². The summed E-state index contributed by atoms with van der Waals surface area (Å²) in [7, 11) is -0.0994. The quantitative estimate of drug-likeness (QED) is 0.0903. The van der Waals surface area contributed by atoms with E-state index in [9.17, 15) is 98.8 Å². The SMILES string of the molecule is CC(C)(C)c1ccc([S+](c2ccccc2)c2ccccc2)cc1.CC(C)(C)c1ccc([S+](c2ccccc2)c2ccccc2)cc1.O=C([O-])C(F)(F)C(F)(F)C(F)(F)C(F)(F)F.O=C([O-])C(F)(F)C(F)(F)C(F)(F)C(F)(F)F. The largest absolute Gasteiger partial charge is 0.544 e. The Balaban J connectivity index is 0.000000279. The molecule has 78 heavy (non-hydrogen) atoms. The normalized spacial score (nSPS) is 13.1. The number of carboxylic acids is 2. The third-order valence-corrected chi connectivity index (χ3v) is 15.1. The maximum absolute atomic E-state index is 12.1. The van der Waals surface area contributed by atoms with Crippen molar-refractivity contribution < 1.29 is 98.8 Å². The molecule has 0 aliphatic rings. The minimum Gasteiger partial charge on any atom is -0.544 e. The highest BCUT2D eigenvalue weighted by molar-refractivity contribution is 7.97. The van der Waals surface area contributed by atoms with E-state index in [-0.39, 0.29) is 32.6 Å². The van der Waals surface area contributed by atoms with Crippen LogP contribution in [0.2, 0.25) is 0 Å². The van der Waals surface area contributed by atoms with E-state index in [1.54, 1.807) is 0 Å². The first-order valence-electron chi connectivity index (χ1n) is 22.2. The maximum Gasteiger partial charge on any atom is 0.460 e. The summed E-state index contributed by atoms with van der Waals surface area (Å²) < 4.78 is 212. The van der Waals surface area contributed by atoms with Crippen LogP contribution in [0.5, 0.6) is 0 Å². The Morgan fingerprint density at radius 1 is 0.295 bits per heavy atom. The fourth-order valence-electron chi connectivity index (χ4n) is 6.23. The molecule has 6 rings (SSSR count). The Kier molecular flexibility index (Phi) is 21.0. The van der Waals surface area contributed by atoms with Gasteiger partial charge in [0, 0.05) is 0 Å². The Morgan fingerprint density at radius 2 is 0.474 bits per heavy atom. The molecule has 6 aromatic rings. The van der Waals surface area contributed by atoms with Gasteiger partial charge in [0.05, 0.1) is 21.8 Å². The molecule has 0 atom stereocenters. The van der Waals surface area contributed by atoms with Crippen molar-refractivity contribution in [2.75, 3.05) is 0 Å². The number of aliphatic carboxylic acids is 2. The zero-order chi connectivity index (χ0) is 59.7. The van der Waals surface area contributed by atoms with Crippen LogP contribution in [0.4, 0.5) is 79.0 Å². The Morgan fingerprint density at radius 3 is 0.628 bits per heavy atom. The van der Waals surface area contributed by atoms with Crippen LogP contribution in [-0.4, -0.2) is 59.8 Å². The van der Waals surface area contributed by atoms with E-state index in [0.29, 0.717) is 0 Å². The first-order valence-corrected chi connectivity index (χ1v) is 24.7. The molecule has 0 heterocycles. The van der Waals surface area contributed by atoms with E-state index in [1.807, 2.05) is 0 Å². The van der Waals surface area contributed by atoms with Crippen molar-refractivity contribution in [2.24, 2.45) is 0 Å². The summed E-state index contributed by atoms with van der Waals surface area (Å²) in [6.45, 7) is 13.6.